The van der Waals surface area contributed by atoms with E-state index >= 15 is 0 Å². The monoisotopic (exact) mass is 478 g/mol. The van der Waals surface area contributed by atoms with Gasteiger partial charge in [-0.05, 0) is 33.9 Å². The first-order valence-electron chi connectivity index (χ1n) is 11.9. The Bertz CT molecular complexity index is 1570. The van der Waals surface area contributed by atoms with Gasteiger partial charge in [-0.1, -0.05) is 92.2 Å². The lowest BCUT2D eigenvalue weighted by Gasteiger charge is -2.19. The van der Waals surface area contributed by atoms with Gasteiger partial charge in [0.25, 0.3) is 5.56 Å². The number of hydrogen-bond acceptors (Lipinski definition) is 5. The molecule has 0 saturated carbocycles. The Labute approximate surface area is 207 Å². The van der Waals surface area contributed by atoms with Crippen molar-refractivity contribution < 1.29 is 0 Å². The van der Waals surface area contributed by atoms with Crippen molar-refractivity contribution in [2.75, 3.05) is 0 Å². The van der Waals surface area contributed by atoms with Gasteiger partial charge in [-0.3, -0.25) is 13.9 Å². The molecular weight excluding hydrogens is 452 g/mol. The quantitative estimate of drug-likeness (QED) is 0.365. The highest BCUT2D eigenvalue weighted by Crippen LogP contribution is 2.31. The van der Waals surface area contributed by atoms with Crippen LogP contribution in [0.4, 0.5) is 0 Å². The van der Waals surface area contributed by atoms with Gasteiger partial charge in [0, 0.05) is 17.3 Å². The smallest absolute Gasteiger partial charge is 0.293 e. The molecule has 2 heterocycles. The lowest BCUT2D eigenvalue weighted by molar-refractivity contribution is 0.582. The second kappa shape index (κ2) is 10.4. The highest BCUT2D eigenvalue weighted by atomic mass is 16.2. The van der Waals surface area contributed by atoms with E-state index in [9.17, 15) is 9.59 Å². The minimum absolute atomic E-state index is 0.211. The van der Waals surface area contributed by atoms with Crippen molar-refractivity contribution in [3.8, 4) is 22.5 Å². The summed E-state index contributed by atoms with van der Waals surface area (Å²) in [6.45, 7) is 2.51. The Balaban J connectivity index is 1.70. The minimum atomic E-state index is -0.336. The molecule has 0 unspecified atom stereocenters. The molecule has 0 bridgehead atoms. The Morgan fingerprint density at radius 1 is 0.806 bits per heavy atom. The third-order valence-corrected chi connectivity index (χ3v) is 6.22. The van der Waals surface area contributed by atoms with E-state index in [1.54, 1.807) is 10.6 Å². The zero-order valence-electron chi connectivity index (χ0n) is 20.0. The zero-order valence-corrected chi connectivity index (χ0v) is 20.0. The number of nitrogens with zero attached hydrogens (tertiary/aromatic N) is 5. The first kappa shape index (κ1) is 23.2. The van der Waals surface area contributed by atoms with Crippen molar-refractivity contribution in [3.05, 3.63) is 123 Å². The van der Waals surface area contributed by atoms with E-state index in [0.717, 1.165) is 34.2 Å². The number of tetrazole rings is 1. The van der Waals surface area contributed by atoms with Crippen molar-refractivity contribution in [1.29, 1.82) is 0 Å². The summed E-state index contributed by atoms with van der Waals surface area (Å²) >= 11 is 0. The summed E-state index contributed by atoms with van der Waals surface area (Å²) in [6, 6.07) is 27.0. The maximum atomic E-state index is 13.8. The number of aromatic amines is 1. The fourth-order valence-corrected chi connectivity index (χ4v) is 4.49. The molecule has 8 nitrogen and oxygen atoms in total. The van der Waals surface area contributed by atoms with Gasteiger partial charge in [0.2, 0.25) is 5.82 Å². The van der Waals surface area contributed by atoms with Crippen molar-refractivity contribution in [1.82, 2.24) is 29.8 Å². The van der Waals surface area contributed by atoms with Crippen LogP contribution in [0.1, 0.15) is 30.2 Å². The van der Waals surface area contributed by atoms with Gasteiger partial charge in [-0.25, -0.2) is 4.79 Å². The van der Waals surface area contributed by atoms with E-state index in [1.165, 1.54) is 4.57 Å². The van der Waals surface area contributed by atoms with E-state index in [2.05, 4.69) is 20.6 Å². The van der Waals surface area contributed by atoms with Crippen LogP contribution in [0.2, 0.25) is 0 Å². The molecule has 5 rings (SSSR count). The average Bonchev–Trinajstić information content (AvgIpc) is 3.45. The molecule has 3 aromatic carbocycles. The van der Waals surface area contributed by atoms with Crippen molar-refractivity contribution in [2.24, 2.45) is 0 Å². The van der Waals surface area contributed by atoms with Gasteiger partial charge in [0.1, 0.15) is 0 Å². The number of hydrogen-bond donors (Lipinski definition) is 1. The molecule has 0 radical (unpaired) electrons. The van der Waals surface area contributed by atoms with Crippen molar-refractivity contribution >= 4 is 0 Å². The molecule has 0 atom stereocenters. The predicted molar refractivity (Wildman–Crippen MR) is 139 cm³/mol. The third-order valence-electron chi connectivity index (χ3n) is 6.22. The van der Waals surface area contributed by atoms with Gasteiger partial charge in [-0.15, -0.1) is 10.2 Å². The summed E-state index contributed by atoms with van der Waals surface area (Å²) in [4.78, 5) is 26.8. The normalized spacial score (nSPS) is 11.0. The van der Waals surface area contributed by atoms with Gasteiger partial charge < -0.3 is 0 Å². The summed E-state index contributed by atoms with van der Waals surface area (Å²) in [5.41, 5.74) is 4.61. The lowest BCUT2D eigenvalue weighted by Crippen LogP contribution is -2.41. The summed E-state index contributed by atoms with van der Waals surface area (Å²) < 4.78 is 3.01. The van der Waals surface area contributed by atoms with Crippen LogP contribution < -0.4 is 11.2 Å². The van der Waals surface area contributed by atoms with E-state index in [4.69, 9.17) is 0 Å². The summed E-state index contributed by atoms with van der Waals surface area (Å²) in [5.74, 6) is 0.450. The van der Waals surface area contributed by atoms with Gasteiger partial charge in [-0.2, -0.15) is 5.21 Å². The van der Waals surface area contributed by atoms with Crippen LogP contribution in [0.15, 0.2) is 94.5 Å². The van der Waals surface area contributed by atoms with Gasteiger partial charge >= 0.3 is 5.69 Å². The average molecular weight is 479 g/mol. The Hall–Kier alpha value is -4.59. The molecule has 1 N–H and O–H groups in total. The fraction of sp³-hybridized carbons (Fsp3) is 0.179. The molecule has 0 aliphatic carbocycles. The molecule has 0 fully saturated rings. The number of benzene rings is 3. The maximum absolute atomic E-state index is 13.8. The second-order valence-electron chi connectivity index (χ2n) is 8.60. The van der Waals surface area contributed by atoms with Crippen LogP contribution in [0.5, 0.6) is 0 Å². The molecular formula is C28H26N6O2. The number of H-pyrrole nitrogens is 1. The maximum Gasteiger partial charge on any atom is 0.331 e. The Kier molecular flexibility index (Phi) is 6.66. The lowest BCUT2D eigenvalue weighted by atomic mass is 9.94. The molecule has 2 aromatic heterocycles. The van der Waals surface area contributed by atoms with Crippen LogP contribution in [-0.2, 0) is 19.5 Å². The van der Waals surface area contributed by atoms with Crippen LogP contribution in [0, 0.1) is 0 Å². The van der Waals surface area contributed by atoms with Crippen molar-refractivity contribution in [3.63, 3.8) is 0 Å². The van der Waals surface area contributed by atoms with Crippen LogP contribution >= 0.6 is 0 Å². The fourth-order valence-electron chi connectivity index (χ4n) is 4.49. The first-order valence-corrected chi connectivity index (χ1v) is 11.9. The summed E-state index contributed by atoms with van der Waals surface area (Å²) in [5, 5.41) is 14.7. The molecule has 8 heteroatoms. The van der Waals surface area contributed by atoms with E-state index in [0.29, 0.717) is 17.9 Å². The Morgan fingerprint density at radius 3 is 2.22 bits per heavy atom. The van der Waals surface area contributed by atoms with Gasteiger partial charge in [0.05, 0.1) is 13.1 Å². The second-order valence-corrected chi connectivity index (χ2v) is 8.60. The largest absolute Gasteiger partial charge is 0.331 e. The molecule has 0 aliphatic heterocycles. The molecule has 0 saturated heterocycles. The topological polar surface area (TPSA) is 98.5 Å². The van der Waals surface area contributed by atoms with E-state index < -0.39 is 0 Å². The van der Waals surface area contributed by atoms with E-state index in [-0.39, 0.29) is 24.3 Å². The molecule has 0 aliphatic rings. The van der Waals surface area contributed by atoms with Crippen LogP contribution in [0.25, 0.3) is 22.5 Å². The van der Waals surface area contributed by atoms with E-state index in [1.807, 2.05) is 85.8 Å². The predicted octanol–water partition coefficient (Wildman–Crippen LogP) is 3.91. The standard InChI is InChI=1S/C28H26N6O2/c1-2-10-22-17-26(35)34(18-20-11-5-3-6-12-20)28(36)33(22)19-25-23(21-13-7-4-8-14-21)15-9-16-24(25)27-29-31-32-30-27/h3-9,11-17H,2,10,18-19H2,1H3,(H,29,30,31,32). The summed E-state index contributed by atoms with van der Waals surface area (Å²) in [6.07, 6.45) is 1.42. The molecule has 0 amide bonds. The number of aryl methyl sites for hydroxylation is 1. The van der Waals surface area contributed by atoms with Crippen LogP contribution in [-0.4, -0.2) is 29.8 Å². The van der Waals surface area contributed by atoms with Crippen molar-refractivity contribution in [2.45, 2.75) is 32.9 Å². The van der Waals surface area contributed by atoms with Crippen LogP contribution in [0.3, 0.4) is 0 Å². The third kappa shape index (κ3) is 4.65. The highest BCUT2D eigenvalue weighted by molar-refractivity contribution is 5.76. The van der Waals surface area contributed by atoms with Gasteiger partial charge in [0.15, 0.2) is 0 Å². The minimum Gasteiger partial charge on any atom is -0.293 e. The molecule has 0 spiro atoms. The molecule has 36 heavy (non-hydrogen) atoms. The highest BCUT2D eigenvalue weighted by Gasteiger charge is 2.19. The Morgan fingerprint density at radius 2 is 1.53 bits per heavy atom. The molecule has 5 aromatic rings. The first-order chi connectivity index (χ1) is 17.7. The number of aromatic nitrogens is 6. The SMILES string of the molecule is CCCc1cc(=O)n(Cc2ccccc2)c(=O)n1Cc1c(-c2ccccc2)cccc1-c1nn[nH]n1. The summed E-state index contributed by atoms with van der Waals surface area (Å²) in [7, 11) is 0. The number of nitrogens with one attached hydrogen (secondary N) is 1. The molecule has 180 valence electrons. The zero-order chi connectivity index (χ0) is 24.9. The number of rotatable bonds is 8.